The van der Waals surface area contributed by atoms with E-state index in [1.807, 2.05) is 6.07 Å². The molecule has 0 aromatic heterocycles. The van der Waals surface area contributed by atoms with Gasteiger partial charge in [0.15, 0.2) is 11.5 Å². The van der Waals surface area contributed by atoms with Gasteiger partial charge in [0, 0.05) is 16.2 Å². The second-order valence-corrected chi connectivity index (χ2v) is 6.09. The van der Waals surface area contributed by atoms with Gasteiger partial charge in [0.05, 0.1) is 13.2 Å². The minimum absolute atomic E-state index is 0.689. The highest BCUT2D eigenvalue weighted by Gasteiger charge is 2.11. The zero-order chi connectivity index (χ0) is 14.5. The van der Waals surface area contributed by atoms with E-state index in [-0.39, 0.29) is 0 Å². The standard InChI is InChI=1S/C17H19NO2S/c18-9-8-13-2-4-14(5-3-13)21-15-6-7-16-17(12-15)20-11-1-10-19-16/h2-7,12H,1,8-11,18H2. The first-order valence-corrected chi connectivity index (χ1v) is 8.03. The molecular weight excluding hydrogens is 282 g/mol. The lowest BCUT2D eigenvalue weighted by Gasteiger charge is -2.09. The Morgan fingerprint density at radius 1 is 0.905 bits per heavy atom. The van der Waals surface area contributed by atoms with Gasteiger partial charge in [-0.2, -0.15) is 0 Å². The van der Waals surface area contributed by atoms with Crippen LogP contribution in [0.2, 0.25) is 0 Å². The highest BCUT2D eigenvalue weighted by Crippen LogP contribution is 2.36. The zero-order valence-electron chi connectivity index (χ0n) is 11.9. The SMILES string of the molecule is NCCc1ccc(Sc2ccc3c(c2)OCCCO3)cc1. The second kappa shape index (κ2) is 6.87. The molecule has 1 aliphatic rings. The monoisotopic (exact) mass is 301 g/mol. The van der Waals surface area contributed by atoms with Gasteiger partial charge in [0.25, 0.3) is 0 Å². The molecular formula is C17H19NO2S. The summed E-state index contributed by atoms with van der Waals surface area (Å²) in [4.78, 5) is 2.37. The van der Waals surface area contributed by atoms with Crippen LogP contribution in [0.1, 0.15) is 12.0 Å². The Bertz CT molecular complexity index is 598. The van der Waals surface area contributed by atoms with Crippen molar-refractivity contribution >= 4 is 11.8 Å². The van der Waals surface area contributed by atoms with E-state index in [0.29, 0.717) is 6.54 Å². The number of hydrogen-bond donors (Lipinski definition) is 1. The van der Waals surface area contributed by atoms with Gasteiger partial charge < -0.3 is 15.2 Å². The largest absolute Gasteiger partial charge is 0.490 e. The van der Waals surface area contributed by atoms with Crippen molar-refractivity contribution in [2.75, 3.05) is 19.8 Å². The molecule has 0 spiro atoms. The van der Waals surface area contributed by atoms with Crippen molar-refractivity contribution in [2.45, 2.75) is 22.6 Å². The Labute approximate surface area is 129 Å². The molecule has 110 valence electrons. The molecule has 1 aliphatic heterocycles. The van der Waals surface area contributed by atoms with Crippen molar-refractivity contribution in [3.8, 4) is 11.5 Å². The summed E-state index contributed by atoms with van der Waals surface area (Å²) in [5, 5.41) is 0. The van der Waals surface area contributed by atoms with E-state index in [1.54, 1.807) is 11.8 Å². The van der Waals surface area contributed by atoms with Crippen molar-refractivity contribution in [3.63, 3.8) is 0 Å². The first-order chi connectivity index (χ1) is 10.3. The summed E-state index contributed by atoms with van der Waals surface area (Å²) in [6.45, 7) is 2.13. The molecule has 21 heavy (non-hydrogen) atoms. The quantitative estimate of drug-likeness (QED) is 0.938. The fourth-order valence-electron chi connectivity index (χ4n) is 2.23. The van der Waals surface area contributed by atoms with Crippen LogP contribution in [0.25, 0.3) is 0 Å². The lowest BCUT2D eigenvalue weighted by Crippen LogP contribution is -2.02. The maximum atomic E-state index is 5.73. The highest BCUT2D eigenvalue weighted by molar-refractivity contribution is 7.99. The van der Waals surface area contributed by atoms with Crippen LogP contribution < -0.4 is 15.2 Å². The van der Waals surface area contributed by atoms with Crippen molar-refractivity contribution in [1.29, 1.82) is 0 Å². The summed E-state index contributed by atoms with van der Waals surface area (Å²) in [6, 6.07) is 14.7. The Hall–Kier alpha value is -1.65. The Morgan fingerprint density at radius 3 is 2.38 bits per heavy atom. The molecule has 0 amide bonds. The molecule has 0 saturated carbocycles. The maximum absolute atomic E-state index is 5.73. The normalized spacial score (nSPS) is 13.8. The van der Waals surface area contributed by atoms with E-state index in [9.17, 15) is 0 Å². The van der Waals surface area contributed by atoms with E-state index in [1.165, 1.54) is 10.5 Å². The highest BCUT2D eigenvalue weighted by atomic mass is 32.2. The third-order valence-corrected chi connectivity index (χ3v) is 4.31. The fourth-order valence-corrected chi connectivity index (χ4v) is 3.08. The topological polar surface area (TPSA) is 44.5 Å². The Morgan fingerprint density at radius 2 is 1.62 bits per heavy atom. The third kappa shape index (κ3) is 3.71. The zero-order valence-corrected chi connectivity index (χ0v) is 12.7. The first-order valence-electron chi connectivity index (χ1n) is 7.22. The van der Waals surface area contributed by atoms with Gasteiger partial charge in [-0.1, -0.05) is 23.9 Å². The average Bonchev–Trinajstić information content (AvgIpc) is 2.74. The lowest BCUT2D eigenvalue weighted by atomic mass is 10.2. The number of fused-ring (bicyclic) bond motifs is 1. The van der Waals surface area contributed by atoms with E-state index in [0.717, 1.165) is 42.4 Å². The molecule has 0 saturated heterocycles. The smallest absolute Gasteiger partial charge is 0.162 e. The summed E-state index contributed by atoms with van der Waals surface area (Å²) in [6.07, 6.45) is 1.86. The van der Waals surface area contributed by atoms with Gasteiger partial charge in [-0.15, -0.1) is 0 Å². The predicted octanol–water partition coefficient (Wildman–Crippen LogP) is 3.50. The van der Waals surface area contributed by atoms with Crippen LogP contribution in [0.4, 0.5) is 0 Å². The number of hydrogen-bond acceptors (Lipinski definition) is 4. The third-order valence-electron chi connectivity index (χ3n) is 3.31. The number of ether oxygens (including phenoxy) is 2. The second-order valence-electron chi connectivity index (χ2n) is 4.94. The molecule has 2 aromatic carbocycles. The number of nitrogens with two attached hydrogens (primary N) is 1. The summed E-state index contributed by atoms with van der Waals surface area (Å²) < 4.78 is 11.4. The summed E-state index contributed by atoms with van der Waals surface area (Å²) in [7, 11) is 0. The molecule has 0 fully saturated rings. The number of rotatable bonds is 4. The summed E-state index contributed by atoms with van der Waals surface area (Å²) in [5.74, 6) is 1.69. The van der Waals surface area contributed by atoms with Gasteiger partial charge in [0.2, 0.25) is 0 Å². The Kier molecular flexibility index (Phi) is 4.68. The summed E-state index contributed by atoms with van der Waals surface area (Å²) >= 11 is 1.73. The molecule has 2 aromatic rings. The van der Waals surface area contributed by atoms with Gasteiger partial charge in [-0.3, -0.25) is 0 Å². The van der Waals surface area contributed by atoms with Crippen LogP contribution in [0, 0.1) is 0 Å². The first kappa shape index (κ1) is 14.3. The van der Waals surface area contributed by atoms with Crippen LogP contribution in [0.15, 0.2) is 52.3 Å². The minimum atomic E-state index is 0.689. The number of benzene rings is 2. The van der Waals surface area contributed by atoms with Crippen LogP contribution in [-0.2, 0) is 6.42 Å². The molecule has 4 heteroatoms. The molecule has 0 unspecified atom stereocenters. The van der Waals surface area contributed by atoms with Crippen LogP contribution >= 0.6 is 11.8 Å². The van der Waals surface area contributed by atoms with Crippen molar-refractivity contribution in [2.24, 2.45) is 5.73 Å². The van der Waals surface area contributed by atoms with E-state index in [4.69, 9.17) is 15.2 Å². The molecule has 3 rings (SSSR count). The molecule has 3 nitrogen and oxygen atoms in total. The van der Waals surface area contributed by atoms with E-state index >= 15 is 0 Å². The van der Waals surface area contributed by atoms with Gasteiger partial charge >= 0.3 is 0 Å². The van der Waals surface area contributed by atoms with E-state index < -0.39 is 0 Å². The molecule has 0 radical (unpaired) electrons. The molecule has 0 bridgehead atoms. The maximum Gasteiger partial charge on any atom is 0.162 e. The predicted molar refractivity (Wildman–Crippen MR) is 85.4 cm³/mol. The fraction of sp³-hybridized carbons (Fsp3) is 0.294. The molecule has 0 atom stereocenters. The van der Waals surface area contributed by atoms with Crippen LogP contribution in [-0.4, -0.2) is 19.8 Å². The summed E-state index contributed by atoms with van der Waals surface area (Å²) in [5.41, 5.74) is 6.85. The molecule has 1 heterocycles. The van der Waals surface area contributed by atoms with Crippen molar-refractivity contribution in [3.05, 3.63) is 48.0 Å². The molecule has 2 N–H and O–H groups in total. The Balaban J connectivity index is 1.73. The van der Waals surface area contributed by atoms with Crippen molar-refractivity contribution in [1.82, 2.24) is 0 Å². The van der Waals surface area contributed by atoms with Gasteiger partial charge in [0.1, 0.15) is 0 Å². The van der Waals surface area contributed by atoms with Crippen LogP contribution in [0.3, 0.4) is 0 Å². The van der Waals surface area contributed by atoms with Crippen LogP contribution in [0.5, 0.6) is 11.5 Å². The van der Waals surface area contributed by atoms with Crippen molar-refractivity contribution < 1.29 is 9.47 Å². The molecule has 0 aliphatic carbocycles. The van der Waals surface area contributed by atoms with Gasteiger partial charge in [-0.25, -0.2) is 0 Å². The van der Waals surface area contributed by atoms with E-state index in [2.05, 4.69) is 36.4 Å². The van der Waals surface area contributed by atoms with Gasteiger partial charge in [-0.05, 0) is 48.9 Å². The lowest BCUT2D eigenvalue weighted by molar-refractivity contribution is 0.297. The average molecular weight is 301 g/mol. The minimum Gasteiger partial charge on any atom is -0.490 e.